The van der Waals surface area contributed by atoms with E-state index in [1.165, 1.54) is 6.92 Å². The molecule has 0 bridgehead atoms. The maximum atomic E-state index is 12.8. The Balaban J connectivity index is 1.27. The third-order valence-electron chi connectivity index (χ3n) is 12.8. The zero-order chi connectivity index (χ0) is 50.9. The van der Waals surface area contributed by atoms with Crippen LogP contribution in [0.5, 0.6) is 0 Å². The molecule has 0 aromatic heterocycles. The Morgan fingerprint density at radius 3 is 1.32 bits per heavy atom. The summed E-state index contributed by atoms with van der Waals surface area (Å²) in [6.07, 6.45) is -54.6. The van der Waals surface area contributed by atoms with Crippen LogP contribution in [-0.2, 0) is 56.9 Å². The normalized spacial score (nSPS) is 52.1. The van der Waals surface area contributed by atoms with Gasteiger partial charge in [0, 0.05) is 6.92 Å². The van der Waals surface area contributed by atoms with Crippen LogP contribution >= 0.6 is 0 Å². The minimum atomic E-state index is -2.16. The molecule has 6 fully saturated rings. The molecule has 0 radical (unpaired) electrons. The van der Waals surface area contributed by atoms with Gasteiger partial charge in [0.15, 0.2) is 37.7 Å². The molecular weight excluding hydrogens is 950 g/mol. The molecule has 31 heteroatoms. The SMILES string of the molecule is CC(=O)N[C@H]1[C@H](O[C@H]2[C@@H](O)[C@@H](CO)O[C@@H](O[C@H]3[C@H](O)[C@@H](O)[C@H](O)O[C@@H]3CO)[C@@H]2O)O[C@H](CO)[C@H](O)[C@@H]1O[C@@H]1O[C@H](CO)[C@H](O)[C@H](O)[C@H]1O[C@H]1O[C@@H](C)[C@@H](O)[C@@H](O[C@H]2O[C@H](CO)[C@H](O)[C@H](O)[C@H]2O)[C@@H]1O. The maximum absolute atomic E-state index is 12.8. The number of hydrogen-bond donors (Lipinski definition) is 19. The Morgan fingerprint density at radius 2 is 0.768 bits per heavy atom. The number of ether oxygens (including phenoxy) is 11. The summed E-state index contributed by atoms with van der Waals surface area (Å²) in [5.74, 6) is -0.872. The van der Waals surface area contributed by atoms with Crippen molar-refractivity contribution in [2.24, 2.45) is 0 Å². The van der Waals surface area contributed by atoms with Crippen molar-refractivity contribution in [2.75, 3.05) is 33.0 Å². The Morgan fingerprint density at radius 1 is 0.377 bits per heavy atom. The lowest BCUT2D eigenvalue weighted by Crippen LogP contribution is -2.70. The lowest BCUT2D eigenvalue weighted by Gasteiger charge is -2.51. The molecule has 6 aliphatic rings. The van der Waals surface area contributed by atoms with E-state index in [4.69, 9.17) is 52.1 Å². The smallest absolute Gasteiger partial charge is 0.217 e. The molecule has 0 aromatic rings. The summed E-state index contributed by atoms with van der Waals surface area (Å²) in [7, 11) is 0. The second-order valence-electron chi connectivity index (χ2n) is 17.5. The quantitative estimate of drug-likeness (QED) is 0.0682. The fraction of sp³-hybridized carbons (Fsp3) is 0.974. The molecule has 31 nitrogen and oxygen atoms in total. The monoisotopic (exact) mass is 1020 g/mol. The Hall–Kier alpha value is -1.69. The highest BCUT2D eigenvalue weighted by Gasteiger charge is 2.58. The van der Waals surface area contributed by atoms with Gasteiger partial charge in [0.25, 0.3) is 0 Å². The number of aliphatic hydroxyl groups excluding tert-OH is 18. The average Bonchev–Trinajstić information content (AvgIpc) is 3.32. The fourth-order valence-electron chi connectivity index (χ4n) is 8.83. The average molecular weight is 1020 g/mol. The first-order valence-electron chi connectivity index (χ1n) is 22.0. The predicted molar refractivity (Wildman–Crippen MR) is 209 cm³/mol. The van der Waals surface area contributed by atoms with Crippen LogP contribution in [0.4, 0.5) is 0 Å². The van der Waals surface area contributed by atoms with Crippen LogP contribution in [0, 0.1) is 0 Å². The predicted octanol–water partition coefficient (Wildman–Crippen LogP) is -12.9. The van der Waals surface area contributed by atoms with Crippen molar-refractivity contribution in [3.8, 4) is 0 Å². The summed E-state index contributed by atoms with van der Waals surface area (Å²) in [6, 6.07) is -1.80. The van der Waals surface area contributed by atoms with Gasteiger partial charge in [0.05, 0.1) is 39.1 Å². The third-order valence-corrected chi connectivity index (χ3v) is 12.8. The van der Waals surface area contributed by atoms with Gasteiger partial charge in [-0.25, -0.2) is 0 Å². The standard InChI is InChI=1S/C38H65NO30/c1-8-16(46)30(68-35-25(55)21(51)17(47)10(3-40)62-35)26(56)36(59-8)69-32-22(52)18(48)11(4-41)64-38(32)66-29-15(39-9(2)45)34(61-12(5-42)19(29)49)67-31-20(50)13(6-43)63-37(27(31)57)65-28-14(7-44)60-33(58)24(54)23(28)53/h8,10-38,40-44,46-58H,3-7H2,1-2H3,(H,39,45)/t8-,10+,11+,12+,13+,14+,15+,16+,17-,18-,19-,20-,21-,22-,23+,24+,25+,26-,27+,28+,29+,30+,31-,32+,33+,34-,35+,36+,37-,38-/m0/s1. The first-order valence-corrected chi connectivity index (χ1v) is 22.0. The maximum Gasteiger partial charge on any atom is 0.217 e. The van der Waals surface area contributed by atoms with Gasteiger partial charge >= 0.3 is 0 Å². The molecular formula is C38H65NO30. The number of amides is 1. The number of hydrogen-bond acceptors (Lipinski definition) is 30. The first kappa shape index (κ1) is 56.6. The van der Waals surface area contributed by atoms with E-state index < -0.39 is 223 Å². The number of carbonyl (C=O) groups excluding carboxylic acids is 1. The molecule has 6 aliphatic heterocycles. The van der Waals surface area contributed by atoms with Gasteiger partial charge in [-0.05, 0) is 6.92 Å². The van der Waals surface area contributed by atoms with Crippen molar-refractivity contribution in [2.45, 2.75) is 198 Å². The minimum Gasteiger partial charge on any atom is -0.394 e. The van der Waals surface area contributed by atoms with E-state index in [1.54, 1.807) is 0 Å². The molecule has 6 rings (SSSR count). The molecule has 1 amide bonds. The fourth-order valence-corrected chi connectivity index (χ4v) is 8.83. The second kappa shape index (κ2) is 24.1. The van der Waals surface area contributed by atoms with Crippen molar-refractivity contribution >= 4 is 5.91 Å². The molecule has 19 N–H and O–H groups in total. The zero-order valence-electron chi connectivity index (χ0n) is 36.8. The summed E-state index contributed by atoms with van der Waals surface area (Å²) in [5.41, 5.74) is 0. The van der Waals surface area contributed by atoms with E-state index in [2.05, 4.69) is 5.32 Å². The molecule has 6 saturated heterocycles. The summed E-state index contributed by atoms with van der Waals surface area (Å²) in [6.45, 7) is -2.48. The van der Waals surface area contributed by atoms with Gasteiger partial charge < -0.3 is 149 Å². The summed E-state index contributed by atoms with van der Waals surface area (Å²) >= 11 is 0. The molecule has 69 heavy (non-hydrogen) atoms. The Kier molecular flexibility index (Phi) is 19.8. The summed E-state index contributed by atoms with van der Waals surface area (Å²) in [4.78, 5) is 12.8. The van der Waals surface area contributed by atoms with Crippen molar-refractivity contribution in [3.63, 3.8) is 0 Å². The molecule has 30 atom stereocenters. The highest BCUT2D eigenvalue weighted by atomic mass is 16.8. The minimum absolute atomic E-state index is 0.853. The topological polar surface area (TPSA) is 495 Å². The van der Waals surface area contributed by atoms with Crippen molar-refractivity contribution in [1.29, 1.82) is 0 Å². The molecule has 0 aromatic carbocycles. The molecule has 0 saturated carbocycles. The summed E-state index contributed by atoms with van der Waals surface area (Å²) < 4.78 is 62.5. The van der Waals surface area contributed by atoms with Gasteiger partial charge in [-0.3, -0.25) is 4.79 Å². The van der Waals surface area contributed by atoms with Gasteiger partial charge in [-0.2, -0.15) is 0 Å². The van der Waals surface area contributed by atoms with E-state index in [-0.39, 0.29) is 0 Å². The van der Waals surface area contributed by atoms with Gasteiger partial charge in [-0.1, -0.05) is 0 Å². The van der Waals surface area contributed by atoms with Gasteiger partial charge in [0.2, 0.25) is 5.91 Å². The van der Waals surface area contributed by atoms with Crippen molar-refractivity contribution in [1.82, 2.24) is 5.32 Å². The van der Waals surface area contributed by atoms with Crippen LogP contribution in [0.2, 0.25) is 0 Å². The lowest BCUT2D eigenvalue weighted by atomic mass is 9.94. The third kappa shape index (κ3) is 11.8. The summed E-state index contributed by atoms with van der Waals surface area (Å²) in [5, 5.41) is 194. The Bertz CT molecular complexity index is 1610. The van der Waals surface area contributed by atoms with E-state index in [0.717, 1.165) is 6.92 Å². The van der Waals surface area contributed by atoms with Crippen LogP contribution in [0.3, 0.4) is 0 Å². The first-order chi connectivity index (χ1) is 32.6. The Labute approximate surface area is 390 Å². The lowest BCUT2D eigenvalue weighted by molar-refractivity contribution is -0.396. The number of rotatable bonds is 16. The van der Waals surface area contributed by atoms with Gasteiger partial charge in [-0.15, -0.1) is 0 Å². The van der Waals surface area contributed by atoms with Crippen LogP contribution in [-0.4, -0.2) is 315 Å². The number of carbonyl (C=O) groups is 1. The van der Waals surface area contributed by atoms with E-state index in [1.807, 2.05) is 0 Å². The van der Waals surface area contributed by atoms with Crippen LogP contribution in [0.1, 0.15) is 13.8 Å². The highest BCUT2D eigenvalue weighted by Crippen LogP contribution is 2.37. The van der Waals surface area contributed by atoms with E-state index in [9.17, 15) is 96.7 Å². The molecule has 0 spiro atoms. The van der Waals surface area contributed by atoms with Crippen LogP contribution in [0.25, 0.3) is 0 Å². The molecule has 6 heterocycles. The zero-order valence-corrected chi connectivity index (χ0v) is 36.8. The van der Waals surface area contributed by atoms with Gasteiger partial charge in [0.1, 0.15) is 140 Å². The van der Waals surface area contributed by atoms with E-state index >= 15 is 0 Å². The van der Waals surface area contributed by atoms with Crippen molar-refractivity contribution in [3.05, 3.63) is 0 Å². The van der Waals surface area contributed by atoms with Crippen LogP contribution in [0.15, 0.2) is 0 Å². The van der Waals surface area contributed by atoms with Crippen molar-refractivity contribution < 1.29 is 149 Å². The highest BCUT2D eigenvalue weighted by molar-refractivity contribution is 5.73. The number of aliphatic hydroxyl groups is 18. The molecule has 0 aliphatic carbocycles. The van der Waals surface area contributed by atoms with Crippen LogP contribution < -0.4 is 5.32 Å². The second-order valence-corrected chi connectivity index (χ2v) is 17.5. The van der Waals surface area contributed by atoms with E-state index in [0.29, 0.717) is 0 Å². The molecule has 0 unspecified atom stereocenters. The number of nitrogens with one attached hydrogen (secondary N) is 1. The largest absolute Gasteiger partial charge is 0.394 e. The molecule has 402 valence electrons.